The average molecular weight is 482 g/mol. The predicted octanol–water partition coefficient (Wildman–Crippen LogP) is 2.23. The zero-order chi connectivity index (χ0) is 23.3. The van der Waals surface area contributed by atoms with Crippen molar-refractivity contribution < 1.29 is 27.5 Å². The molecule has 0 radical (unpaired) electrons. The van der Waals surface area contributed by atoms with E-state index in [2.05, 4.69) is 5.32 Å². The zero-order valence-corrected chi connectivity index (χ0v) is 19.3. The van der Waals surface area contributed by atoms with Crippen LogP contribution in [0.5, 0.6) is 5.75 Å². The highest BCUT2D eigenvalue weighted by Crippen LogP contribution is 2.30. The molecule has 0 aliphatic carbocycles. The maximum absolute atomic E-state index is 12.9. The van der Waals surface area contributed by atoms with E-state index in [4.69, 9.17) is 21.1 Å². The largest absolute Gasteiger partial charge is 0.495 e. The standard InChI is InChI=1S/C21H24ClN3O6S/c1-30-19-8-7-15(13-17(19)22)25(32(2,28)29)14-20(26)23-18-6-4-3-5-16(18)21(27)24-9-11-31-12-10-24/h3-8,13H,9-12,14H2,1-2H3,(H,23,26). The number of hydrogen-bond acceptors (Lipinski definition) is 6. The molecular formula is C21H24ClN3O6S. The maximum Gasteiger partial charge on any atom is 0.256 e. The first-order chi connectivity index (χ1) is 15.2. The molecule has 1 aliphatic rings. The van der Waals surface area contributed by atoms with Crippen molar-refractivity contribution in [2.24, 2.45) is 0 Å². The Bertz CT molecular complexity index is 1100. The lowest BCUT2D eigenvalue weighted by molar-refractivity contribution is -0.114. The van der Waals surface area contributed by atoms with Crippen LogP contribution >= 0.6 is 11.6 Å². The lowest BCUT2D eigenvalue weighted by Gasteiger charge is -2.27. The number of morpholine rings is 1. The van der Waals surface area contributed by atoms with Gasteiger partial charge in [0, 0.05) is 13.1 Å². The highest BCUT2D eigenvalue weighted by Gasteiger charge is 2.24. The quantitative estimate of drug-likeness (QED) is 0.650. The van der Waals surface area contributed by atoms with Crippen molar-refractivity contribution in [2.45, 2.75) is 0 Å². The molecule has 1 fully saturated rings. The number of sulfonamides is 1. The topological polar surface area (TPSA) is 105 Å². The molecule has 0 aromatic heterocycles. The second kappa shape index (κ2) is 10.2. The average Bonchev–Trinajstić information content (AvgIpc) is 2.77. The molecule has 0 atom stereocenters. The van der Waals surface area contributed by atoms with Gasteiger partial charge in [-0.2, -0.15) is 0 Å². The molecule has 2 aromatic carbocycles. The lowest BCUT2D eigenvalue weighted by Crippen LogP contribution is -2.41. The van der Waals surface area contributed by atoms with Crippen molar-refractivity contribution >= 4 is 44.8 Å². The maximum atomic E-state index is 12.9. The van der Waals surface area contributed by atoms with Crippen LogP contribution in [0.1, 0.15) is 10.4 Å². The van der Waals surface area contributed by atoms with Crippen molar-refractivity contribution in [3.8, 4) is 5.75 Å². The van der Waals surface area contributed by atoms with Crippen molar-refractivity contribution in [2.75, 3.05) is 55.8 Å². The van der Waals surface area contributed by atoms with E-state index in [0.717, 1.165) is 10.6 Å². The van der Waals surface area contributed by atoms with Gasteiger partial charge in [-0.3, -0.25) is 13.9 Å². The molecule has 1 N–H and O–H groups in total. The third-order valence-electron chi connectivity index (χ3n) is 4.84. The Hall–Kier alpha value is -2.82. The summed E-state index contributed by atoms with van der Waals surface area (Å²) in [6, 6.07) is 11.0. The molecule has 1 heterocycles. The molecule has 9 nitrogen and oxygen atoms in total. The second-order valence-electron chi connectivity index (χ2n) is 7.09. The normalized spacial score (nSPS) is 14.0. The van der Waals surface area contributed by atoms with Gasteiger partial charge in [-0.25, -0.2) is 8.42 Å². The summed E-state index contributed by atoms with van der Waals surface area (Å²) >= 11 is 6.12. The van der Waals surface area contributed by atoms with Gasteiger partial charge in [0.25, 0.3) is 5.91 Å². The molecule has 0 bridgehead atoms. The number of ether oxygens (including phenoxy) is 2. The molecule has 0 unspecified atom stereocenters. The molecular weight excluding hydrogens is 458 g/mol. The fourth-order valence-electron chi connectivity index (χ4n) is 3.25. The minimum Gasteiger partial charge on any atom is -0.495 e. The van der Waals surface area contributed by atoms with E-state index in [-0.39, 0.29) is 16.6 Å². The van der Waals surface area contributed by atoms with Gasteiger partial charge in [-0.05, 0) is 30.3 Å². The molecule has 1 saturated heterocycles. The third kappa shape index (κ3) is 5.70. The van der Waals surface area contributed by atoms with Crippen LogP contribution < -0.4 is 14.4 Å². The summed E-state index contributed by atoms with van der Waals surface area (Å²) < 4.78 is 36.0. The summed E-state index contributed by atoms with van der Waals surface area (Å²) in [4.78, 5) is 27.3. The summed E-state index contributed by atoms with van der Waals surface area (Å²) in [7, 11) is -2.36. The van der Waals surface area contributed by atoms with E-state index in [0.29, 0.717) is 43.3 Å². The monoisotopic (exact) mass is 481 g/mol. The number of nitrogens with one attached hydrogen (secondary N) is 1. The number of nitrogens with zero attached hydrogens (tertiary/aromatic N) is 2. The molecule has 32 heavy (non-hydrogen) atoms. The Labute approximate surface area is 191 Å². The Morgan fingerprint density at radius 3 is 2.50 bits per heavy atom. The number of anilines is 2. The van der Waals surface area contributed by atoms with Gasteiger partial charge in [-0.15, -0.1) is 0 Å². The second-order valence-corrected chi connectivity index (χ2v) is 9.40. The fourth-order valence-corrected chi connectivity index (χ4v) is 4.35. The van der Waals surface area contributed by atoms with Gasteiger partial charge in [0.05, 0.1) is 48.5 Å². The van der Waals surface area contributed by atoms with Crippen LogP contribution in [-0.4, -0.2) is 71.3 Å². The van der Waals surface area contributed by atoms with Crippen LogP contribution in [-0.2, 0) is 19.6 Å². The minimum absolute atomic E-state index is 0.209. The number of carbonyl (C=O) groups excluding carboxylic acids is 2. The molecule has 0 spiro atoms. The van der Waals surface area contributed by atoms with Crippen LogP contribution in [0.3, 0.4) is 0 Å². The number of para-hydroxylation sites is 1. The van der Waals surface area contributed by atoms with Gasteiger partial charge in [0.1, 0.15) is 12.3 Å². The van der Waals surface area contributed by atoms with E-state index < -0.39 is 22.5 Å². The van der Waals surface area contributed by atoms with E-state index >= 15 is 0 Å². The predicted molar refractivity (Wildman–Crippen MR) is 122 cm³/mol. The summed E-state index contributed by atoms with van der Waals surface area (Å²) in [6.07, 6.45) is 0.994. The van der Waals surface area contributed by atoms with E-state index in [1.807, 2.05) is 0 Å². The van der Waals surface area contributed by atoms with Gasteiger partial charge in [0.15, 0.2) is 0 Å². The van der Waals surface area contributed by atoms with Gasteiger partial charge in [-0.1, -0.05) is 23.7 Å². The van der Waals surface area contributed by atoms with Crippen LogP contribution in [0, 0.1) is 0 Å². The zero-order valence-electron chi connectivity index (χ0n) is 17.7. The molecule has 1 aliphatic heterocycles. The molecule has 2 amide bonds. The molecule has 3 rings (SSSR count). The number of benzene rings is 2. The van der Waals surface area contributed by atoms with Gasteiger partial charge < -0.3 is 19.7 Å². The third-order valence-corrected chi connectivity index (χ3v) is 6.28. The SMILES string of the molecule is COc1ccc(N(CC(=O)Nc2ccccc2C(=O)N2CCOCC2)S(C)(=O)=O)cc1Cl. The van der Waals surface area contributed by atoms with Crippen molar-refractivity contribution in [1.29, 1.82) is 0 Å². The molecule has 0 saturated carbocycles. The molecule has 11 heteroatoms. The number of hydrogen-bond donors (Lipinski definition) is 1. The van der Waals surface area contributed by atoms with Crippen molar-refractivity contribution in [3.63, 3.8) is 0 Å². The summed E-state index contributed by atoms with van der Waals surface area (Å²) in [5, 5.41) is 2.87. The van der Waals surface area contributed by atoms with Crippen molar-refractivity contribution in [1.82, 2.24) is 4.90 Å². The van der Waals surface area contributed by atoms with E-state index in [1.54, 1.807) is 29.2 Å². The van der Waals surface area contributed by atoms with Gasteiger partial charge in [0.2, 0.25) is 15.9 Å². The number of methoxy groups -OCH3 is 1. The Balaban J connectivity index is 1.80. The first-order valence-corrected chi connectivity index (χ1v) is 12.0. The molecule has 2 aromatic rings. The van der Waals surface area contributed by atoms with Crippen LogP contribution in [0.25, 0.3) is 0 Å². The number of halogens is 1. The highest BCUT2D eigenvalue weighted by atomic mass is 35.5. The lowest BCUT2D eigenvalue weighted by atomic mass is 10.1. The highest BCUT2D eigenvalue weighted by molar-refractivity contribution is 7.92. The Kier molecular flexibility index (Phi) is 7.60. The smallest absolute Gasteiger partial charge is 0.256 e. The summed E-state index contributed by atoms with van der Waals surface area (Å²) in [5.41, 5.74) is 0.836. The first-order valence-electron chi connectivity index (χ1n) is 9.78. The molecule has 172 valence electrons. The van der Waals surface area contributed by atoms with Crippen molar-refractivity contribution in [3.05, 3.63) is 53.1 Å². The number of amides is 2. The van der Waals surface area contributed by atoms with Crippen LogP contribution in [0.2, 0.25) is 5.02 Å². The van der Waals surface area contributed by atoms with E-state index in [9.17, 15) is 18.0 Å². The summed E-state index contributed by atoms with van der Waals surface area (Å²) in [6.45, 7) is 1.33. The first kappa shape index (κ1) is 23.8. The van der Waals surface area contributed by atoms with Gasteiger partial charge >= 0.3 is 0 Å². The minimum atomic E-state index is -3.80. The number of rotatable bonds is 7. The Morgan fingerprint density at radius 1 is 1.19 bits per heavy atom. The fraction of sp³-hybridized carbons (Fsp3) is 0.333. The van der Waals surface area contributed by atoms with Crippen LogP contribution in [0.4, 0.5) is 11.4 Å². The number of carbonyl (C=O) groups is 2. The van der Waals surface area contributed by atoms with E-state index in [1.165, 1.54) is 25.3 Å². The summed E-state index contributed by atoms with van der Waals surface area (Å²) in [5.74, 6) is -0.459. The Morgan fingerprint density at radius 2 is 1.88 bits per heavy atom. The van der Waals surface area contributed by atoms with Crippen LogP contribution in [0.15, 0.2) is 42.5 Å².